The molecule has 0 radical (unpaired) electrons. The lowest BCUT2D eigenvalue weighted by molar-refractivity contribution is 0.102. The third kappa shape index (κ3) is 4.22. The minimum Gasteiger partial charge on any atom is -0.383 e. The quantitative estimate of drug-likeness (QED) is 0.303. The number of aldehydes is 1. The molecule has 2 N–H and O–H groups in total. The molecular formula is C23H22N8O3. The Morgan fingerprint density at radius 3 is 2.82 bits per heavy atom. The Balaban J connectivity index is 1.69. The van der Waals surface area contributed by atoms with Gasteiger partial charge >= 0.3 is 0 Å². The summed E-state index contributed by atoms with van der Waals surface area (Å²) in [4.78, 5) is 33.6. The van der Waals surface area contributed by atoms with Gasteiger partial charge < -0.3 is 19.9 Å². The van der Waals surface area contributed by atoms with Crippen molar-refractivity contribution in [2.24, 2.45) is 14.1 Å². The number of nitriles is 1. The minimum absolute atomic E-state index is 0.206. The molecule has 172 valence electrons. The SMILES string of the molecule is COCCNc1cc(NC(=O)c2cn(C)c3cc(-c4ccnn4C)c(C=O)nc23)ncc1C#N. The highest BCUT2D eigenvalue weighted by Crippen LogP contribution is 2.28. The van der Waals surface area contributed by atoms with Gasteiger partial charge in [-0.2, -0.15) is 10.4 Å². The second-order valence-electron chi connectivity index (χ2n) is 7.50. The molecule has 0 saturated heterocycles. The summed E-state index contributed by atoms with van der Waals surface area (Å²) < 4.78 is 8.45. The largest absolute Gasteiger partial charge is 0.383 e. The maximum Gasteiger partial charge on any atom is 0.260 e. The van der Waals surface area contributed by atoms with Gasteiger partial charge in [0.05, 0.1) is 34.6 Å². The van der Waals surface area contributed by atoms with Crippen LogP contribution in [0.3, 0.4) is 0 Å². The van der Waals surface area contributed by atoms with Crippen molar-refractivity contribution in [2.45, 2.75) is 0 Å². The van der Waals surface area contributed by atoms with Gasteiger partial charge in [-0.15, -0.1) is 0 Å². The molecule has 0 aliphatic rings. The van der Waals surface area contributed by atoms with E-state index in [-0.39, 0.29) is 17.1 Å². The summed E-state index contributed by atoms with van der Waals surface area (Å²) in [6, 6.07) is 7.26. The van der Waals surface area contributed by atoms with E-state index in [1.165, 1.54) is 6.20 Å². The fraction of sp³-hybridized carbons (Fsp3) is 0.217. The molecule has 0 unspecified atom stereocenters. The number of nitrogens with zero attached hydrogens (tertiary/aromatic N) is 6. The van der Waals surface area contributed by atoms with E-state index in [0.717, 1.165) is 5.69 Å². The zero-order valence-corrected chi connectivity index (χ0v) is 18.9. The van der Waals surface area contributed by atoms with E-state index in [1.54, 1.807) is 55.0 Å². The maximum absolute atomic E-state index is 13.1. The number of aromatic nitrogens is 5. The molecule has 0 spiro atoms. The molecule has 0 saturated carbocycles. The van der Waals surface area contributed by atoms with Crippen molar-refractivity contribution in [1.29, 1.82) is 5.26 Å². The number of aryl methyl sites for hydroxylation is 2. The van der Waals surface area contributed by atoms with E-state index in [4.69, 9.17) is 4.74 Å². The molecule has 0 aliphatic carbocycles. The molecule has 4 aromatic heterocycles. The van der Waals surface area contributed by atoms with Gasteiger partial charge in [0.1, 0.15) is 23.1 Å². The Morgan fingerprint density at radius 2 is 2.15 bits per heavy atom. The first-order chi connectivity index (χ1) is 16.5. The van der Waals surface area contributed by atoms with Crippen molar-refractivity contribution in [1.82, 2.24) is 24.3 Å². The molecule has 0 bridgehead atoms. The third-order valence-electron chi connectivity index (χ3n) is 5.33. The number of hydrogen-bond donors (Lipinski definition) is 2. The van der Waals surface area contributed by atoms with Crippen molar-refractivity contribution in [2.75, 3.05) is 30.9 Å². The summed E-state index contributed by atoms with van der Waals surface area (Å²) in [5.41, 5.74) is 3.80. The van der Waals surface area contributed by atoms with Crippen LogP contribution in [0.15, 0.2) is 36.8 Å². The summed E-state index contributed by atoms with van der Waals surface area (Å²) in [7, 11) is 5.16. The Labute approximate surface area is 195 Å². The van der Waals surface area contributed by atoms with Gasteiger partial charge in [-0.1, -0.05) is 0 Å². The Hall–Kier alpha value is -4.56. The number of methoxy groups -OCH3 is 1. The highest BCUT2D eigenvalue weighted by molar-refractivity contribution is 6.12. The number of nitrogens with one attached hydrogen (secondary N) is 2. The van der Waals surface area contributed by atoms with Crippen LogP contribution >= 0.6 is 0 Å². The first-order valence-corrected chi connectivity index (χ1v) is 10.3. The van der Waals surface area contributed by atoms with E-state index in [1.807, 2.05) is 6.07 Å². The molecule has 0 aromatic carbocycles. The molecule has 0 atom stereocenters. The maximum atomic E-state index is 13.1. The van der Waals surface area contributed by atoms with Gasteiger partial charge in [-0.3, -0.25) is 14.3 Å². The van der Waals surface area contributed by atoms with Crippen molar-refractivity contribution in [3.63, 3.8) is 0 Å². The fourth-order valence-corrected chi connectivity index (χ4v) is 3.64. The monoisotopic (exact) mass is 458 g/mol. The van der Waals surface area contributed by atoms with Gasteiger partial charge in [0.25, 0.3) is 5.91 Å². The lowest BCUT2D eigenvalue weighted by Crippen LogP contribution is -2.14. The van der Waals surface area contributed by atoms with Gasteiger partial charge in [0.15, 0.2) is 6.29 Å². The van der Waals surface area contributed by atoms with Gasteiger partial charge in [-0.25, -0.2) is 9.97 Å². The smallest absolute Gasteiger partial charge is 0.260 e. The summed E-state index contributed by atoms with van der Waals surface area (Å²) in [5.74, 6) is -0.175. The molecular weight excluding hydrogens is 436 g/mol. The predicted octanol–water partition coefficient (Wildman–Crippen LogP) is 2.36. The van der Waals surface area contributed by atoms with E-state index in [2.05, 4.69) is 31.8 Å². The number of anilines is 2. The topological polar surface area (TPSA) is 140 Å². The van der Waals surface area contributed by atoms with E-state index in [9.17, 15) is 14.9 Å². The van der Waals surface area contributed by atoms with Crippen LogP contribution in [0.1, 0.15) is 26.4 Å². The van der Waals surface area contributed by atoms with Crippen LogP contribution in [0.2, 0.25) is 0 Å². The predicted molar refractivity (Wildman–Crippen MR) is 126 cm³/mol. The number of pyridine rings is 2. The van der Waals surface area contributed by atoms with E-state index in [0.29, 0.717) is 47.3 Å². The fourth-order valence-electron chi connectivity index (χ4n) is 3.64. The van der Waals surface area contributed by atoms with Crippen LogP contribution in [-0.4, -0.2) is 56.8 Å². The van der Waals surface area contributed by atoms with Crippen LogP contribution < -0.4 is 10.6 Å². The highest BCUT2D eigenvalue weighted by Gasteiger charge is 2.20. The van der Waals surface area contributed by atoms with Crippen LogP contribution in [-0.2, 0) is 18.8 Å². The van der Waals surface area contributed by atoms with Gasteiger partial charge in [-0.05, 0) is 12.1 Å². The number of carbonyl (C=O) groups excluding carboxylic acids is 2. The number of amides is 1. The summed E-state index contributed by atoms with van der Waals surface area (Å²) in [6.45, 7) is 0.944. The minimum atomic E-state index is -0.441. The van der Waals surface area contributed by atoms with Crippen molar-refractivity contribution in [3.05, 3.63) is 53.6 Å². The second-order valence-corrected chi connectivity index (χ2v) is 7.50. The van der Waals surface area contributed by atoms with Gasteiger partial charge in [0, 0.05) is 58.0 Å². The standard InChI is InChI=1S/C23H22N8O3/c1-30-12-16(22-20(30)8-15(18(13-32)28-22)19-4-5-27-31(19)2)23(33)29-21-9-17(25-6-7-34-3)14(10-24)11-26-21/h4-5,8-9,11-13H,6-7H2,1-3H3,(H2,25,26,29,33). The molecule has 34 heavy (non-hydrogen) atoms. The Bertz CT molecular complexity index is 1430. The number of ether oxygens (including phenoxy) is 1. The van der Waals surface area contributed by atoms with Gasteiger partial charge in [0.2, 0.25) is 0 Å². The summed E-state index contributed by atoms with van der Waals surface area (Å²) >= 11 is 0. The second kappa shape index (κ2) is 9.51. The highest BCUT2D eigenvalue weighted by atomic mass is 16.5. The van der Waals surface area contributed by atoms with Crippen molar-refractivity contribution >= 4 is 34.7 Å². The zero-order valence-electron chi connectivity index (χ0n) is 18.9. The number of fused-ring (bicyclic) bond motifs is 1. The lowest BCUT2D eigenvalue weighted by atomic mass is 10.1. The molecule has 4 rings (SSSR count). The Kier molecular flexibility index (Phi) is 6.33. The molecule has 4 aromatic rings. The molecule has 11 nitrogen and oxygen atoms in total. The van der Waals surface area contributed by atoms with Crippen LogP contribution in [0.25, 0.3) is 22.3 Å². The van der Waals surface area contributed by atoms with Crippen molar-refractivity contribution < 1.29 is 14.3 Å². The molecule has 1 amide bonds. The molecule has 0 fully saturated rings. The summed E-state index contributed by atoms with van der Waals surface area (Å²) in [5, 5.41) is 19.3. The Morgan fingerprint density at radius 1 is 1.32 bits per heavy atom. The van der Waals surface area contributed by atoms with Crippen LogP contribution in [0, 0.1) is 11.3 Å². The van der Waals surface area contributed by atoms with Crippen molar-refractivity contribution in [3.8, 4) is 17.3 Å². The number of hydrogen-bond acceptors (Lipinski definition) is 8. The van der Waals surface area contributed by atoms with Crippen LogP contribution in [0.4, 0.5) is 11.5 Å². The van der Waals surface area contributed by atoms with E-state index < -0.39 is 5.91 Å². The van der Waals surface area contributed by atoms with Crippen LogP contribution in [0.5, 0.6) is 0 Å². The number of rotatable bonds is 8. The molecule has 11 heteroatoms. The lowest BCUT2D eigenvalue weighted by Gasteiger charge is -2.10. The average Bonchev–Trinajstić information content (AvgIpc) is 3.41. The molecule has 4 heterocycles. The van der Waals surface area contributed by atoms with E-state index >= 15 is 0 Å². The third-order valence-corrected chi connectivity index (χ3v) is 5.33. The first kappa shape index (κ1) is 22.6. The average molecular weight is 458 g/mol. The molecule has 0 aliphatic heterocycles. The summed E-state index contributed by atoms with van der Waals surface area (Å²) in [6.07, 6.45) is 5.34. The zero-order chi connectivity index (χ0) is 24.2. The first-order valence-electron chi connectivity index (χ1n) is 10.3. The number of carbonyl (C=O) groups is 2. The normalized spacial score (nSPS) is 10.8.